The molecule has 0 saturated heterocycles. The van der Waals surface area contributed by atoms with Crippen molar-refractivity contribution in [1.29, 1.82) is 0 Å². The number of nitrogens with one attached hydrogen (secondary N) is 2. The van der Waals surface area contributed by atoms with Crippen LogP contribution in [0.3, 0.4) is 0 Å². The Morgan fingerprint density at radius 1 is 1.32 bits per heavy atom. The van der Waals surface area contributed by atoms with Gasteiger partial charge in [-0.25, -0.2) is 9.38 Å². The monoisotopic (exact) mass is 305 g/mol. The summed E-state index contributed by atoms with van der Waals surface area (Å²) < 4.78 is 18.5. The molecule has 0 aliphatic carbocycles. The van der Waals surface area contributed by atoms with Crippen LogP contribution in [0.2, 0.25) is 0 Å². The number of hydrogen-bond donors (Lipinski definition) is 2. The maximum atomic E-state index is 13.5. The largest absolute Gasteiger partial charge is 0.357 e. The van der Waals surface area contributed by atoms with E-state index in [1.54, 1.807) is 19.1 Å². The third-order valence-electron chi connectivity index (χ3n) is 2.93. The highest BCUT2D eigenvalue weighted by Gasteiger charge is 2.04. The second-order valence-electron chi connectivity index (χ2n) is 4.70. The Morgan fingerprint density at radius 2 is 2.14 bits per heavy atom. The average molecular weight is 305 g/mol. The van der Waals surface area contributed by atoms with Crippen LogP contribution < -0.4 is 10.6 Å². The Morgan fingerprint density at radius 3 is 2.82 bits per heavy atom. The first-order valence-electron chi connectivity index (χ1n) is 7.24. The zero-order chi connectivity index (χ0) is 15.8. The molecule has 0 saturated carbocycles. The fourth-order valence-electron chi connectivity index (χ4n) is 1.91. The molecule has 0 spiro atoms. The lowest BCUT2D eigenvalue weighted by Crippen LogP contribution is -2.38. The predicted molar refractivity (Wildman–Crippen MR) is 82.0 cm³/mol. The SMILES string of the molecule is CCNC(=NCc1nc(C)no1)NCCc1ccccc1F. The molecule has 7 heteroatoms. The number of benzene rings is 1. The molecule has 2 aromatic rings. The molecular formula is C15H20FN5O. The first-order valence-corrected chi connectivity index (χ1v) is 7.24. The third kappa shape index (κ3) is 4.83. The van der Waals surface area contributed by atoms with E-state index in [0.717, 1.165) is 6.54 Å². The number of aliphatic imine (C=N–C) groups is 1. The zero-order valence-electron chi connectivity index (χ0n) is 12.8. The van der Waals surface area contributed by atoms with Crippen LogP contribution in [-0.2, 0) is 13.0 Å². The molecule has 0 amide bonds. The van der Waals surface area contributed by atoms with E-state index in [9.17, 15) is 4.39 Å². The lowest BCUT2D eigenvalue weighted by atomic mass is 10.1. The minimum absolute atomic E-state index is 0.187. The van der Waals surface area contributed by atoms with Gasteiger partial charge in [0.25, 0.3) is 0 Å². The molecule has 1 heterocycles. The van der Waals surface area contributed by atoms with Gasteiger partial charge in [0.1, 0.15) is 12.4 Å². The molecule has 0 aliphatic heterocycles. The molecular weight excluding hydrogens is 285 g/mol. The minimum atomic E-state index is -0.187. The summed E-state index contributed by atoms with van der Waals surface area (Å²) in [7, 11) is 0. The normalized spacial score (nSPS) is 11.5. The van der Waals surface area contributed by atoms with Crippen molar-refractivity contribution in [2.45, 2.75) is 26.8 Å². The lowest BCUT2D eigenvalue weighted by Gasteiger charge is -2.11. The maximum Gasteiger partial charge on any atom is 0.248 e. The number of nitrogens with zero attached hydrogens (tertiary/aromatic N) is 3. The number of halogens is 1. The molecule has 2 rings (SSSR count). The van der Waals surface area contributed by atoms with Crippen molar-refractivity contribution < 1.29 is 8.91 Å². The number of aromatic nitrogens is 2. The van der Waals surface area contributed by atoms with Gasteiger partial charge in [0.15, 0.2) is 11.8 Å². The molecule has 118 valence electrons. The van der Waals surface area contributed by atoms with E-state index >= 15 is 0 Å². The molecule has 0 fully saturated rings. The van der Waals surface area contributed by atoms with Gasteiger partial charge in [-0.05, 0) is 31.9 Å². The molecule has 22 heavy (non-hydrogen) atoms. The molecule has 0 unspecified atom stereocenters. The van der Waals surface area contributed by atoms with Crippen LogP contribution >= 0.6 is 0 Å². The standard InChI is InChI=1S/C15H20FN5O/c1-3-17-15(19-10-14-20-11(2)21-22-14)18-9-8-12-6-4-5-7-13(12)16/h4-7H,3,8-10H2,1-2H3,(H2,17,18,19). The van der Waals surface area contributed by atoms with Gasteiger partial charge in [-0.15, -0.1) is 0 Å². The van der Waals surface area contributed by atoms with Crippen LogP contribution in [0.5, 0.6) is 0 Å². The summed E-state index contributed by atoms with van der Waals surface area (Å²) in [6.07, 6.45) is 0.580. The summed E-state index contributed by atoms with van der Waals surface area (Å²) in [6.45, 7) is 5.35. The van der Waals surface area contributed by atoms with E-state index in [1.807, 2.05) is 13.0 Å². The molecule has 2 N–H and O–H groups in total. The number of rotatable bonds is 6. The van der Waals surface area contributed by atoms with E-state index in [4.69, 9.17) is 4.52 Å². The van der Waals surface area contributed by atoms with E-state index < -0.39 is 0 Å². The van der Waals surface area contributed by atoms with Crippen LogP contribution in [0, 0.1) is 12.7 Å². The van der Waals surface area contributed by atoms with Crippen molar-refractivity contribution >= 4 is 5.96 Å². The van der Waals surface area contributed by atoms with Crippen molar-refractivity contribution in [1.82, 2.24) is 20.8 Å². The molecule has 1 aromatic heterocycles. The maximum absolute atomic E-state index is 13.5. The Kier molecular flexibility index (Phi) is 5.88. The fraction of sp³-hybridized carbons (Fsp3) is 0.400. The Hall–Kier alpha value is -2.44. The molecule has 0 atom stereocenters. The van der Waals surface area contributed by atoms with Crippen LogP contribution in [0.15, 0.2) is 33.8 Å². The van der Waals surface area contributed by atoms with Crippen LogP contribution in [0.1, 0.15) is 24.2 Å². The quantitative estimate of drug-likeness (QED) is 0.629. The summed E-state index contributed by atoms with van der Waals surface area (Å²) in [5, 5.41) is 9.99. The second kappa shape index (κ2) is 8.11. The summed E-state index contributed by atoms with van der Waals surface area (Å²) in [5.41, 5.74) is 0.679. The van der Waals surface area contributed by atoms with Crippen molar-refractivity contribution in [2.24, 2.45) is 4.99 Å². The highest BCUT2D eigenvalue weighted by Crippen LogP contribution is 2.06. The summed E-state index contributed by atoms with van der Waals surface area (Å²) >= 11 is 0. The van der Waals surface area contributed by atoms with Crippen LogP contribution in [-0.4, -0.2) is 29.2 Å². The van der Waals surface area contributed by atoms with Gasteiger partial charge < -0.3 is 15.2 Å². The highest BCUT2D eigenvalue weighted by molar-refractivity contribution is 5.79. The van der Waals surface area contributed by atoms with Crippen molar-refractivity contribution in [2.75, 3.05) is 13.1 Å². The van der Waals surface area contributed by atoms with Crippen LogP contribution in [0.4, 0.5) is 4.39 Å². The van der Waals surface area contributed by atoms with E-state index in [-0.39, 0.29) is 5.82 Å². The van der Waals surface area contributed by atoms with Gasteiger partial charge in [-0.2, -0.15) is 4.98 Å². The molecule has 6 nitrogen and oxygen atoms in total. The fourth-order valence-corrected chi connectivity index (χ4v) is 1.91. The van der Waals surface area contributed by atoms with Crippen molar-refractivity contribution in [3.05, 3.63) is 47.4 Å². The van der Waals surface area contributed by atoms with Crippen molar-refractivity contribution in [3.63, 3.8) is 0 Å². The summed E-state index contributed by atoms with van der Waals surface area (Å²) in [6, 6.07) is 6.76. The second-order valence-corrected chi connectivity index (χ2v) is 4.70. The van der Waals surface area contributed by atoms with Crippen LogP contribution in [0.25, 0.3) is 0 Å². The number of guanidine groups is 1. The topological polar surface area (TPSA) is 75.3 Å². The predicted octanol–water partition coefficient (Wildman–Crippen LogP) is 1.81. The highest BCUT2D eigenvalue weighted by atomic mass is 19.1. The van der Waals surface area contributed by atoms with Crippen molar-refractivity contribution in [3.8, 4) is 0 Å². The lowest BCUT2D eigenvalue weighted by molar-refractivity contribution is 0.376. The van der Waals surface area contributed by atoms with Gasteiger partial charge in [0, 0.05) is 13.1 Å². The van der Waals surface area contributed by atoms with Gasteiger partial charge in [-0.1, -0.05) is 23.4 Å². The number of hydrogen-bond acceptors (Lipinski definition) is 4. The first kappa shape index (κ1) is 15.9. The summed E-state index contributed by atoms with van der Waals surface area (Å²) in [5.74, 6) is 1.49. The first-order chi connectivity index (χ1) is 10.7. The van der Waals surface area contributed by atoms with Gasteiger partial charge >= 0.3 is 0 Å². The Bertz CT molecular complexity index is 626. The number of aryl methyl sites for hydroxylation is 1. The average Bonchev–Trinajstić information content (AvgIpc) is 2.92. The molecule has 0 aliphatic rings. The van der Waals surface area contributed by atoms with E-state index in [0.29, 0.717) is 42.7 Å². The molecule has 0 radical (unpaired) electrons. The summed E-state index contributed by atoms with van der Waals surface area (Å²) in [4.78, 5) is 8.45. The third-order valence-corrected chi connectivity index (χ3v) is 2.93. The Balaban J connectivity index is 1.87. The van der Waals surface area contributed by atoms with Gasteiger partial charge in [0.05, 0.1) is 0 Å². The van der Waals surface area contributed by atoms with E-state index in [1.165, 1.54) is 6.07 Å². The Labute approximate surface area is 128 Å². The van der Waals surface area contributed by atoms with Gasteiger partial charge in [0.2, 0.25) is 5.89 Å². The molecule has 0 bridgehead atoms. The minimum Gasteiger partial charge on any atom is -0.357 e. The zero-order valence-corrected chi connectivity index (χ0v) is 12.8. The van der Waals surface area contributed by atoms with Gasteiger partial charge in [-0.3, -0.25) is 0 Å². The van der Waals surface area contributed by atoms with E-state index in [2.05, 4.69) is 25.8 Å². The molecule has 1 aromatic carbocycles. The smallest absolute Gasteiger partial charge is 0.248 e.